The highest BCUT2D eigenvalue weighted by atomic mass is 16.5. The summed E-state index contributed by atoms with van der Waals surface area (Å²) >= 11 is 0. The molecule has 1 unspecified atom stereocenters. The number of ether oxygens (including phenoxy) is 2. The lowest BCUT2D eigenvalue weighted by Crippen LogP contribution is -2.11. The van der Waals surface area contributed by atoms with Gasteiger partial charge in [-0.3, -0.25) is 0 Å². The highest BCUT2D eigenvalue weighted by molar-refractivity contribution is 5.81. The predicted octanol–water partition coefficient (Wildman–Crippen LogP) is 4.79. The van der Waals surface area contributed by atoms with Crippen molar-refractivity contribution in [1.29, 1.82) is 0 Å². The van der Waals surface area contributed by atoms with Crippen LogP contribution in [-0.4, -0.2) is 11.1 Å². The fourth-order valence-corrected chi connectivity index (χ4v) is 2.41. The fraction of sp³-hybridized carbons (Fsp3) is 0.318. The third-order valence-corrected chi connectivity index (χ3v) is 3.70. The van der Waals surface area contributed by atoms with E-state index in [0.717, 1.165) is 11.1 Å². The molecule has 0 saturated heterocycles. The maximum atomic E-state index is 11.7. The Hall–Kier alpha value is -2.59. The molecule has 1 atom stereocenters. The van der Waals surface area contributed by atoms with Gasteiger partial charge in [-0.15, -0.1) is 0 Å². The first-order valence-corrected chi connectivity index (χ1v) is 8.65. The summed E-state index contributed by atoms with van der Waals surface area (Å²) < 4.78 is 10.5. The molecule has 0 saturated carbocycles. The predicted molar refractivity (Wildman–Crippen MR) is 101 cm³/mol. The fourth-order valence-electron chi connectivity index (χ4n) is 2.41. The molecule has 0 heterocycles. The minimum Gasteiger partial charge on any atom is -0.465 e. The van der Waals surface area contributed by atoms with Crippen molar-refractivity contribution in [2.45, 2.75) is 39.9 Å². The molecule has 4 heteroatoms. The quantitative estimate of drug-likeness (QED) is 0.441. The van der Waals surface area contributed by atoms with Crippen molar-refractivity contribution in [1.82, 2.24) is 0 Å². The van der Waals surface area contributed by atoms with Gasteiger partial charge in [0.05, 0.1) is 18.4 Å². The second-order valence-electron chi connectivity index (χ2n) is 7.36. The molecule has 0 bridgehead atoms. The van der Waals surface area contributed by atoms with Crippen LogP contribution in [0.1, 0.15) is 44.4 Å². The van der Waals surface area contributed by atoms with Crippen molar-refractivity contribution in [3.8, 4) is 5.75 Å². The van der Waals surface area contributed by atoms with E-state index in [9.17, 15) is 9.90 Å². The lowest BCUT2D eigenvalue weighted by Gasteiger charge is -2.22. The second-order valence-corrected chi connectivity index (χ2v) is 7.36. The molecule has 0 aliphatic carbocycles. The normalized spacial score (nSPS) is 12.8. The topological polar surface area (TPSA) is 55.8 Å². The summed E-state index contributed by atoms with van der Waals surface area (Å²) in [5.41, 5.74) is 1.83. The summed E-state index contributed by atoms with van der Waals surface area (Å²) in [5, 5.41) is 10.2. The van der Waals surface area contributed by atoms with Crippen molar-refractivity contribution in [3.63, 3.8) is 0 Å². The van der Waals surface area contributed by atoms with E-state index in [0.29, 0.717) is 12.2 Å². The molecule has 0 spiro atoms. The first kappa shape index (κ1) is 19.7. The van der Waals surface area contributed by atoms with Gasteiger partial charge in [0, 0.05) is 0 Å². The molecule has 0 amide bonds. The van der Waals surface area contributed by atoms with Crippen molar-refractivity contribution in [3.05, 3.63) is 78.1 Å². The molecule has 2 aromatic carbocycles. The van der Waals surface area contributed by atoms with Gasteiger partial charge in [-0.1, -0.05) is 63.2 Å². The minimum atomic E-state index is -0.507. The summed E-state index contributed by atoms with van der Waals surface area (Å²) in [6.45, 7) is 6.50. The Labute approximate surface area is 155 Å². The first-order valence-electron chi connectivity index (χ1n) is 8.65. The molecule has 0 aromatic heterocycles. The largest absolute Gasteiger partial charge is 0.465 e. The van der Waals surface area contributed by atoms with Gasteiger partial charge in [0.15, 0.2) is 0 Å². The van der Waals surface area contributed by atoms with E-state index in [1.165, 1.54) is 12.3 Å². The number of carbonyl (C=O) groups is 1. The number of hydrogen-bond acceptors (Lipinski definition) is 4. The lowest BCUT2D eigenvalue weighted by atomic mass is 9.87. The average Bonchev–Trinajstić information content (AvgIpc) is 2.60. The first-order chi connectivity index (χ1) is 12.3. The summed E-state index contributed by atoms with van der Waals surface area (Å²) in [6.07, 6.45) is 2.71. The SMILES string of the molecule is CC(C)(C)CC(O)c1ccc(O/C=C/C(=O)OCc2ccccc2)cc1. The molecule has 2 rings (SSSR count). The molecule has 0 radical (unpaired) electrons. The molecule has 0 aliphatic heterocycles. The molecule has 0 fully saturated rings. The maximum Gasteiger partial charge on any atom is 0.334 e. The van der Waals surface area contributed by atoms with E-state index < -0.39 is 12.1 Å². The number of aliphatic hydroxyl groups is 1. The number of carbonyl (C=O) groups excluding carboxylic acids is 1. The van der Waals surface area contributed by atoms with Gasteiger partial charge in [0.25, 0.3) is 0 Å². The second kappa shape index (κ2) is 9.20. The van der Waals surface area contributed by atoms with E-state index in [1.807, 2.05) is 42.5 Å². The third kappa shape index (κ3) is 7.11. The Kier molecular flexibility index (Phi) is 6.98. The summed E-state index contributed by atoms with van der Waals surface area (Å²) in [6, 6.07) is 16.7. The van der Waals surface area contributed by atoms with Crippen LogP contribution in [0.3, 0.4) is 0 Å². The molecule has 2 aromatic rings. The molecule has 4 nitrogen and oxygen atoms in total. The van der Waals surface area contributed by atoms with Crippen LogP contribution in [-0.2, 0) is 16.1 Å². The third-order valence-electron chi connectivity index (χ3n) is 3.70. The summed E-state index contributed by atoms with van der Waals surface area (Å²) in [4.78, 5) is 11.7. The van der Waals surface area contributed by atoms with E-state index in [-0.39, 0.29) is 12.0 Å². The van der Waals surface area contributed by atoms with Crippen LogP contribution in [0.4, 0.5) is 0 Å². The minimum absolute atomic E-state index is 0.0530. The van der Waals surface area contributed by atoms with E-state index >= 15 is 0 Å². The van der Waals surface area contributed by atoms with Crippen molar-refractivity contribution in [2.24, 2.45) is 5.41 Å². The zero-order valence-corrected chi connectivity index (χ0v) is 15.5. The van der Waals surface area contributed by atoms with Gasteiger partial charge in [-0.05, 0) is 35.1 Å². The molecule has 26 heavy (non-hydrogen) atoms. The smallest absolute Gasteiger partial charge is 0.334 e. The number of rotatable bonds is 7. The van der Waals surface area contributed by atoms with Gasteiger partial charge < -0.3 is 14.6 Å². The Morgan fingerprint density at radius 3 is 2.35 bits per heavy atom. The van der Waals surface area contributed by atoms with E-state index in [4.69, 9.17) is 9.47 Å². The lowest BCUT2D eigenvalue weighted by molar-refractivity contribution is -0.139. The average molecular weight is 354 g/mol. The van der Waals surface area contributed by atoms with Crippen LogP contribution in [0.5, 0.6) is 5.75 Å². The number of esters is 1. The summed E-state index contributed by atoms with van der Waals surface area (Å²) in [7, 11) is 0. The van der Waals surface area contributed by atoms with Crippen LogP contribution in [0.25, 0.3) is 0 Å². The number of aliphatic hydroxyl groups excluding tert-OH is 1. The Morgan fingerprint density at radius 2 is 1.73 bits per heavy atom. The Balaban J connectivity index is 1.79. The molecular formula is C22H26O4. The van der Waals surface area contributed by atoms with Crippen LogP contribution >= 0.6 is 0 Å². The van der Waals surface area contributed by atoms with Crippen molar-refractivity contribution < 1.29 is 19.4 Å². The zero-order chi connectivity index (χ0) is 19.0. The van der Waals surface area contributed by atoms with Gasteiger partial charge >= 0.3 is 5.97 Å². The van der Waals surface area contributed by atoms with E-state index in [1.54, 1.807) is 12.1 Å². The van der Waals surface area contributed by atoms with Crippen LogP contribution in [0.2, 0.25) is 0 Å². The van der Waals surface area contributed by atoms with Gasteiger partial charge in [0.2, 0.25) is 0 Å². The van der Waals surface area contributed by atoms with E-state index in [2.05, 4.69) is 20.8 Å². The molecule has 0 aliphatic rings. The zero-order valence-electron chi connectivity index (χ0n) is 15.5. The summed E-state index contributed by atoms with van der Waals surface area (Å²) in [5.74, 6) is 0.120. The molecular weight excluding hydrogens is 328 g/mol. The highest BCUT2D eigenvalue weighted by Crippen LogP contribution is 2.29. The van der Waals surface area contributed by atoms with Crippen LogP contribution in [0, 0.1) is 5.41 Å². The Bertz CT molecular complexity index is 712. The standard InChI is InChI=1S/C22H26O4/c1-22(2,3)15-20(23)18-9-11-19(12-10-18)25-14-13-21(24)26-16-17-7-5-4-6-8-17/h4-14,20,23H,15-16H2,1-3H3/b14-13+. The van der Waals surface area contributed by atoms with Gasteiger partial charge in [-0.2, -0.15) is 0 Å². The van der Waals surface area contributed by atoms with Gasteiger partial charge in [-0.25, -0.2) is 4.79 Å². The number of hydrogen-bond donors (Lipinski definition) is 1. The Morgan fingerprint density at radius 1 is 1.08 bits per heavy atom. The maximum absolute atomic E-state index is 11.7. The highest BCUT2D eigenvalue weighted by Gasteiger charge is 2.17. The van der Waals surface area contributed by atoms with Gasteiger partial charge in [0.1, 0.15) is 12.4 Å². The van der Waals surface area contributed by atoms with Crippen molar-refractivity contribution >= 4 is 5.97 Å². The van der Waals surface area contributed by atoms with Crippen molar-refractivity contribution in [2.75, 3.05) is 0 Å². The number of benzene rings is 2. The molecule has 1 N–H and O–H groups in total. The monoisotopic (exact) mass is 354 g/mol. The van der Waals surface area contributed by atoms with Crippen LogP contribution < -0.4 is 4.74 Å². The van der Waals surface area contributed by atoms with Crippen LogP contribution in [0.15, 0.2) is 66.9 Å². The molecule has 138 valence electrons.